The highest BCUT2D eigenvalue weighted by atomic mass is 32.2. The van der Waals surface area contributed by atoms with E-state index in [1.54, 1.807) is 29.8 Å². The molecule has 3 aromatic rings. The molecule has 0 aliphatic heterocycles. The van der Waals surface area contributed by atoms with Crippen molar-refractivity contribution in [3.63, 3.8) is 0 Å². The minimum Gasteiger partial charge on any atom is -0.497 e. The van der Waals surface area contributed by atoms with Crippen LogP contribution in [0.5, 0.6) is 5.75 Å². The van der Waals surface area contributed by atoms with Gasteiger partial charge in [0.2, 0.25) is 0 Å². The van der Waals surface area contributed by atoms with Gasteiger partial charge in [-0.25, -0.2) is 9.78 Å². The Hall–Kier alpha value is -2.47. The summed E-state index contributed by atoms with van der Waals surface area (Å²) >= 11 is 1.32. The second-order valence-corrected chi connectivity index (χ2v) is 5.34. The molecule has 0 fully saturated rings. The summed E-state index contributed by atoms with van der Waals surface area (Å²) in [5.41, 5.74) is 0.789. The first-order chi connectivity index (χ1) is 10.2. The van der Waals surface area contributed by atoms with Crippen LogP contribution in [0.4, 0.5) is 0 Å². The van der Waals surface area contributed by atoms with Gasteiger partial charge in [0.15, 0.2) is 5.69 Å². The number of carboxylic acid groups (broad SMARTS) is 1. The molecular weight excluding hydrogens is 288 g/mol. The number of carbonyl (C=O) groups is 1. The SMILES string of the molecule is COc1ccc(Sc2nc3ccccn3c2C(=O)O)cc1. The third kappa shape index (κ3) is 2.57. The number of imidazole rings is 1. The highest BCUT2D eigenvalue weighted by molar-refractivity contribution is 7.99. The van der Waals surface area contributed by atoms with Crippen molar-refractivity contribution in [2.45, 2.75) is 9.92 Å². The van der Waals surface area contributed by atoms with Crippen LogP contribution in [-0.4, -0.2) is 27.6 Å². The van der Waals surface area contributed by atoms with E-state index in [4.69, 9.17) is 4.74 Å². The lowest BCUT2D eigenvalue weighted by molar-refractivity contribution is 0.0685. The van der Waals surface area contributed by atoms with Crippen molar-refractivity contribution in [1.29, 1.82) is 0 Å². The van der Waals surface area contributed by atoms with Gasteiger partial charge in [-0.1, -0.05) is 17.8 Å². The number of pyridine rings is 1. The summed E-state index contributed by atoms with van der Waals surface area (Å²) in [5, 5.41) is 9.89. The summed E-state index contributed by atoms with van der Waals surface area (Å²) < 4.78 is 6.68. The van der Waals surface area contributed by atoms with Crippen LogP contribution < -0.4 is 4.74 Å². The normalized spacial score (nSPS) is 10.7. The number of ether oxygens (including phenoxy) is 1. The predicted octanol–water partition coefficient (Wildman–Crippen LogP) is 3.19. The molecule has 6 heteroatoms. The Balaban J connectivity index is 2.02. The molecule has 0 radical (unpaired) electrons. The molecule has 21 heavy (non-hydrogen) atoms. The van der Waals surface area contributed by atoms with Gasteiger partial charge >= 0.3 is 5.97 Å². The third-order valence-corrected chi connectivity index (χ3v) is 3.96. The first-order valence-electron chi connectivity index (χ1n) is 6.21. The summed E-state index contributed by atoms with van der Waals surface area (Å²) in [5.74, 6) is -0.238. The lowest BCUT2D eigenvalue weighted by atomic mass is 10.3. The lowest BCUT2D eigenvalue weighted by Crippen LogP contribution is -2.02. The van der Waals surface area contributed by atoms with Crippen molar-refractivity contribution in [3.8, 4) is 5.75 Å². The van der Waals surface area contributed by atoms with Crippen LogP contribution in [0.1, 0.15) is 10.5 Å². The van der Waals surface area contributed by atoms with Crippen LogP contribution in [0.25, 0.3) is 5.65 Å². The fourth-order valence-corrected chi connectivity index (χ4v) is 2.91. The minimum atomic E-state index is -0.996. The number of aromatic nitrogens is 2. The fourth-order valence-electron chi connectivity index (χ4n) is 2.00. The van der Waals surface area contributed by atoms with Gasteiger partial charge in [0.05, 0.1) is 7.11 Å². The number of fused-ring (bicyclic) bond motifs is 1. The molecule has 0 aliphatic carbocycles. The molecule has 0 saturated carbocycles. The molecule has 0 bridgehead atoms. The van der Waals surface area contributed by atoms with Crippen molar-refractivity contribution in [2.75, 3.05) is 7.11 Å². The van der Waals surface area contributed by atoms with Crippen molar-refractivity contribution in [3.05, 3.63) is 54.4 Å². The number of rotatable bonds is 4. The molecule has 1 aromatic carbocycles. The molecule has 0 saturated heterocycles. The van der Waals surface area contributed by atoms with Gasteiger partial charge in [-0.15, -0.1) is 0 Å². The van der Waals surface area contributed by atoms with Crippen LogP contribution in [0.3, 0.4) is 0 Å². The van der Waals surface area contributed by atoms with Gasteiger partial charge in [0.25, 0.3) is 0 Å². The van der Waals surface area contributed by atoms with Gasteiger partial charge in [0, 0.05) is 11.1 Å². The second-order valence-electron chi connectivity index (χ2n) is 4.28. The first-order valence-corrected chi connectivity index (χ1v) is 7.03. The zero-order valence-electron chi connectivity index (χ0n) is 11.2. The summed E-state index contributed by atoms with van der Waals surface area (Å²) in [6.07, 6.45) is 1.70. The third-order valence-electron chi connectivity index (χ3n) is 2.97. The number of carboxylic acids is 1. The van der Waals surface area contributed by atoms with Crippen LogP contribution in [0, 0.1) is 0 Å². The van der Waals surface area contributed by atoms with E-state index < -0.39 is 5.97 Å². The van der Waals surface area contributed by atoms with E-state index in [0.717, 1.165) is 10.6 Å². The number of aromatic carboxylic acids is 1. The molecule has 0 aliphatic rings. The zero-order chi connectivity index (χ0) is 14.8. The number of hydrogen-bond donors (Lipinski definition) is 1. The van der Waals surface area contributed by atoms with Crippen molar-refractivity contribution >= 4 is 23.4 Å². The van der Waals surface area contributed by atoms with E-state index in [1.807, 2.05) is 30.3 Å². The average Bonchev–Trinajstić information content (AvgIpc) is 2.86. The number of nitrogens with zero attached hydrogens (tertiary/aromatic N) is 2. The maximum atomic E-state index is 11.5. The van der Waals surface area contributed by atoms with Crippen LogP contribution in [0.15, 0.2) is 58.6 Å². The average molecular weight is 300 g/mol. The Labute approximate surface area is 125 Å². The predicted molar refractivity (Wildman–Crippen MR) is 79.3 cm³/mol. The standard InChI is InChI=1S/C15H12N2O3S/c1-20-10-5-7-11(8-6-10)21-14-13(15(18)19)17-9-3-2-4-12(17)16-14/h2-9H,1H3,(H,18,19). The lowest BCUT2D eigenvalue weighted by Gasteiger charge is -2.02. The molecule has 5 nitrogen and oxygen atoms in total. The Kier molecular flexibility index (Phi) is 3.53. The van der Waals surface area contributed by atoms with Gasteiger partial charge in [0.1, 0.15) is 16.4 Å². The van der Waals surface area contributed by atoms with E-state index in [2.05, 4.69) is 4.98 Å². The van der Waals surface area contributed by atoms with E-state index in [1.165, 1.54) is 11.8 Å². The van der Waals surface area contributed by atoms with Gasteiger partial charge in [-0.05, 0) is 36.4 Å². The fraction of sp³-hybridized carbons (Fsp3) is 0.0667. The maximum absolute atomic E-state index is 11.5. The minimum absolute atomic E-state index is 0.173. The summed E-state index contributed by atoms with van der Waals surface area (Å²) in [4.78, 5) is 16.8. The van der Waals surface area contributed by atoms with Crippen LogP contribution in [-0.2, 0) is 0 Å². The Bertz CT molecular complexity index is 796. The number of hydrogen-bond acceptors (Lipinski definition) is 4. The quantitative estimate of drug-likeness (QED) is 0.801. The second kappa shape index (κ2) is 5.49. The van der Waals surface area contributed by atoms with Gasteiger partial charge < -0.3 is 9.84 Å². The maximum Gasteiger partial charge on any atom is 0.355 e. The monoisotopic (exact) mass is 300 g/mol. The topological polar surface area (TPSA) is 63.8 Å². The van der Waals surface area contributed by atoms with E-state index >= 15 is 0 Å². The molecule has 2 heterocycles. The van der Waals surface area contributed by atoms with Gasteiger partial charge in [-0.3, -0.25) is 4.40 Å². The summed E-state index contributed by atoms with van der Waals surface area (Å²) in [7, 11) is 1.60. The summed E-state index contributed by atoms with van der Waals surface area (Å²) in [6, 6.07) is 12.8. The van der Waals surface area contributed by atoms with Crippen molar-refractivity contribution in [1.82, 2.24) is 9.38 Å². The molecule has 0 amide bonds. The molecule has 0 unspecified atom stereocenters. The molecular formula is C15H12N2O3S. The molecule has 106 valence electrons. The van der Waals surface area contributed by atoms with Gasteiger partial charge in [-0.2, -0.15) is 0 Å². The number of benzene rings is 1. The highest BCUT2D eigenvalue weighted by Crippen LogP contribution is 2.31. The van der Waals surface area contributed by atoms with Crippen molar-refractivity contribution in [2.24, 2.45) is 0 Å². The first kappa shape index (κ1) is 13.5. The van der Waals surface area contributed by atoms with Crippen LogP contribution >= 0.6 is 11.8 Å². The van der Waals surface area contributed by atoms with E-state index in [0.29, 0.717) is 10.7 Å². The number of methoxy groups -OCH3 is 1. The molecule has 3 rings (SSSR count). The molecule has 0 spiro atoms. The molecule has 1 N–H and O–H groups in total. The van der Waals surface area contributed by atoms with E-state index in [9.17, 15) is 9.90 Å². The van der Waals surface area contributed by atoms with Crippen LogP contribution in [0.2, 0.25) is 0 Å². The largest absolute Gasteiger partial charge is 0.497 e. The molecule has 2 aromatic heterocycles. The Morgan fingerprint density at radius 3 is 2.67 bits per heavy atom. The zero-order valence-corrected chi connectivity index (χ0v) is 12.0. The summed E-state index contributed by atoms with van der Waals surface area (Å²) in [6.45, 7) is 0. The molecule has 0 atom stereocenters. The highest BCUT2D eigenvalue weighted by Gasteiger charge is 2.19. The van der Waals surface area contributed by atoms with E-state index in [-0.39, 0.29) is 5.69 Å². The Morgan fingerprint density at radius 1 is 1.24 bits per heavy atom. The van der Waals surface area contributed by atoms with Crippen molar-refractivity contribution < 1.29 is 14.6 Å². The Morgan fingerprint density at radius 2 is 2.00 bits per heavy atom. The smallest absolute Gasteiger partial charge is 0.355 e.